The summed E-state index contributed by atoms with van der Waals surface area (Å²) in [6.07, 6.45) is 4.07. The number of hydrogen-bond donors (Lipinski definition) is 1. The normalized spacial score (nSPS) is 16.9. The van der Waals surface area contributed by atoms with E-state index in [1.54, 1.807) is 23.0 Å². The number of thiophene rings is 1. The van der Waals surface area contributed by atoms with Crippen LogP contribution in [0.4, 0.5) is 0 Å². The topological polar surface area (TPSA) is 71.4 Å². The summed E-state index contributed by atoms with van der Waals surface area (Å²) in [5.74, 6) is -0.259. The van der Waals surface area contributed by atoms with Crippen molar-refractivity contribution in [3.8, 4) is 0 Å². The van der Waals surface area contributed by atoms with Crippen molar-refractivity contribution in [2.75, 3.05) is 13.1 Å². The number of rotatable bonds is 6. The molecule has 1 saturated heterocycles. The van der Waals surface area contributed by atoms with Crippen LogP contribution in [0.3, 0.4) is 0 Å². The van der Waals surface area contributed by atoms with Gasteiger partial charge in [0.05, 0.1) is 6.04 Å². The first-order valence-electron chi connectivity index (χ1n) is 8.44. The van der Waals surface area contributed by atoms with Crippen LogP contribution in [0.25, 0.3) is 0 Å². The molecule has 2 aromatic heterocycles. The Bertz CT molecular complexity index is 835. The molecule has 1 aliphatic rings. The number of sulfonamides is 1. The lowest BCUT2D eigenvalue weighted by Gasteiger charge is -2.15. The third-order valence-electron chi connectivity index (χ3n) is 4.52. The summed E-state index contributed by atoms with van der Waals surface area (Å²) in [5, 5.41) is 4.98. The highest BCUT2D eigenvalue weighted by atomic mass is 32.2. The van der Waals surface area contributed by atoms with Crippen molar-refractivity contribution in [2.24, 2.45) is 7.05 Å². The van der Waals surface area contributed by atoms with E-state index in [4.69, 9.17) is 0 Å². The molecule has 1 atom stereocenters. The van der Waals surface area contributed by atoms with Gasteiger partial charge in [0.25, 0.3) is 5.91 Å². The molecule has 0 bridgehead atoms. The minimum absolute atomic E-state index is 0.0685. The van der Waals surface area contributed by atoms with E-state index in [1.807, 2.05) is 24.4 Å². The third kappa shape index (κ3) is 3.65. The van der Waals surface area contributed by atoms with Crippen molar-refractivity contribution in [3.63, 3.8) is 0 Å². The SMILES string of the molecule is CC[C@H](NC(=O)c1cc(S(=O)(=O)N2CCCC2)cn1C)c1cccs1. The molecule has 1 fully saturated rings. The number of carbonyl (C=O) groups is 1. The Morgan fingerprint density at radius 2 is 2.08 bits per heavy atom. The zero-order chi connectivity index (χ0) is 18.0. The van der Waals surface area contributed by atoms with Gasteiger partial charge in [0.2, 0.25) is 10.0 Å². The van der Waals surface area contributed by atoms with E-state index in [0.29, 0.717) is 18.8 Å². The lowest BCUT2D eigenvalue weighted by atomic mass is 10.2. The molecule has 8 heteroatoms. The Balaban J connectivity index is 1.81. The molecule has 3 rings (SSSR count). The fourth-order valence-corrected chi connectivity index (χ4v) is 5.52. The van der Waals surface area contributed by atoms with Gasteiger partial charge >= 0.3 is 0 Å². The molecule has 136 valence electrons. The van der Waals surface area contributed by atoms with Crippen LogP contribution in [0.2, 0.25) is 0 Å². The first-order chi connectivity index (χ1) is 11.9. The maximum absolute atomic E-state index is 12.7. The monoisotopic (exact) mass is 381 g/mol. The first-order valence-corrected chi connectivity index (χ1v) is 10.8. The number of aryl methyl sites for hydroxylation is 1. The Morgan fingerprint density at radius 3 is 2.68 bits per heavy atom. The lowest BCUT2D eigenvalue weighted by molar-refractivity contribution is 0.0928. The van der Waals surface area contributed by atoms with Gasteiger partial charge in [0, 0.05) is 31.2 Å². The summed E-state index contributed by atoms with van der Waals surface area (Å²) in [6.45, 7) is 3.11. The number of carbonyl (C=O) groups excluding carboxylic acids is 1. The van der Waals surface area contributed by atoms with E-state index in [-0.39, 0.29) is 16.8 Å². The van der Waals surface area contributed by atoms with Crippen molar-refractivity contribution in [1.82, 2.24) is 14.2 Å². The molecule has 0 aromatic carbocycles. The van der Waals surface area contributed by atoms with Gasteiger partial charge in [-0.2, -0.15) is 4.31 Å². The molecule has 6 nitrogen and oxygen atoms in total. The van der Waals surface area contributed by atoms with Gasteiger partial charge in [-0.15, -0.1) is 11.3 Å². The van der Waals surface area contributed by atoms with E-state index < -0.39 is 10.0 Å². The standard InChI is InChI=1S/C17H23N3O3S2/c1-3-14(16-7-6-10-24-16)18-17(21)15-11-13(12-19(15)2)25(22,23)20-8-4-5-9-20/h6-7,10-12,14H,3-5,8-9H2,1-2H3,(H,18,21)/t14-/m0/s1. The molecule has 1 amide bonds. The number of nitrogens with zero attached hydrogens (tertiary/aromatic N) is 2. The molecule has 0 aliphatic carbocycles. The molecule has 3 heterocycles. The first kappa shape index (κ1) is 18.2. The van der Waals surface area contributed by atoms with Crippen LogP contribution < -0.4 is 5.32 Å². The van der Waals surface area contributed by atoms with Crippen molar-refractivity contribution in [2.45, 2.75) is 37.1 Å². The lowest BCUT2D eigenvalue weighted by Crippen LogP contribution is -2.29. The van der Waals surface area contributed by atoms with E-state index in [1.165, 1.54) is 16.6 Å². The van der Waals surface area contributed by atoms with E-state index in [9.17, 15) is 13.2 Å². The van der Waals surface area contributed by atoms with Gasteiger partial charge in [-0.1, -0.05) is 13.0 Å². The van der Waals surface area contributed by atoms with Crippen molar-refractivity contribution >= 4 is 27.3 Å². The zero-order valence-electron chi connectivity index (χ0n) is 14.4. The maximum Gasteiger partial charge on any atom is 0.268 e. The fraction of sp³-hybridized carbons (Fsp3) is 0.471. The Hall–Kier alpha value is -1.64. The average Bonchev–Trinajstić information content (AvgIpc) is 3.32. The van der Waals surface area contributed by atoms with Crippen LogP contribution in [0.5, 0.6) is 0 Å². The molecule has 2 aromatic rings. The van der Waals surface area contributed by atoms with Crippen molar-refractivity contribution in [3.05, 3.63) is 40.3 Å². The second-order valence-corrected chi connectivity index (χ2v) is 9.15. The third-order valence-corrected chi connectivity index (χ3v) is 7.37. The summed E-state index contributed by atoms with van der Waals surface area (Å²) < 4.78 is 28.4. The Morgan fingerprint density at radius 1 is 1.36 bits per heavy atom. The molecule has 0 unspecified atom stereocenters. The number of amides is 1. The quantitative estimate of drug-likeness (QED) is 0.836. The summed E-state index contributed by atoms with van der Waals surface area (Å²) in [6, 6.07) is 5.36. The summed E-state index contributed by atoms with van der Waals surface area (Å²) in [5.41, 5.74) is 0.354. The minimum Gasteiger partial charge on any atom is -0.345 e. The molecule has 1 aliphatic heterocycles. The smallest absolute Gasteiger partial charge is 0.268 e. The van der Waals surface area contributed by atoms with Crippen LogP contribution in [0, 0.1) is 0 Å². The predicted octanol–water partition coefficient (Wildman–Crippen LogP) is 2.75. The second-order valence-electron chi connectivity index (χ2n) is 6.23. The van der Waals surface area contributed by atoms with Gasteiger partial charge < -0.3 is 9.88 Å². The van der Waals surface area contributed by atoms with Crippen molar-refractivity contribution in [1.29, 1.82) is 0 Å². The molecule has 0 radical (unpaired) electrons. The molecule has 0 saturated carbocycles. The Kier molecular flexibility index (Phi) is 5.31. The fourth-order valence-electron chi connectivity index (χ4n) is 3.07. The highest BCUT2D eigenvalue weighted by Gasteiger charge is 2.29. The molecule has 0 spiro atoms. The molecular weight excluding hydrogens is 358 g/mol. The summed E-state index contributed by atoms with van der Waals surface area (Å²) in [7, 11) is -1.82. The highest BCUT2D eigenvalue weighted by Crippen LogP contribution is 2.24. The van der Waals surface area contributed by atoms with Crippen LogP contribution in [-0.2, 0) is 17.1 Å². The highest BCUT2D eigenvalue weighted by molar-refractivity contribution is 7.89. The van der Waals surface area contributed by atoms with Crippen LogP contribution in [0.15, 0.2) is 34.7 Å². The van der Waals surface area contributed by atoms with Crippen LogP contribution >= 0.6 is 11.3 Å². The summed E-state index contributed by atoms with van der Waals surface area (Å²) in [4.78, 5) is 13.9. The van der Waals surface area contributed by atoms with E-state index in [0.717, 1.165) is 24.1 Å². The summed E-state index contributed by atoms with van der Waals surface area (Å²) >= 11 is 1.60. The predicted molar refractivity (Wildman–Crippen MR) is 98.2 cm³/mol. The minimum atomic E-state index is -3.52. The molecular formula is C17H23N3O3S2. The second kappa shape index (κ2) is 7.31. The van der Waals surface area contributed by atoms with E-state index in [2.05, 4.69) is 5.32 Å². The number of hydrogen-bond acceptors (Lipinski definition) is 4. The number of nitrogens with one attached hydrogen (secondary N) is 1. The van der Waals surface area contributed by atoms with Crippen LogP contribution in [0.1, 0.15) is 47.6 Å². The average molecular weight is 382 g/mol. The zero-order valence-corrected chi connectivity index (χ0v) is 16.1. The Labute approximate surface area is 152 Å². The van der Waals surface area contributed by atoms with Gasteiger partial charge in [-0.3, -0.25) is 4.79 Å². The largest absolute Gasteiger partial charge is 0.345 e. The maximum atomic E-state index is 12.7. The van der Waals surface area contributed by atoms with Gasteiger partial charge in [-0.25, -0.2) is 8.42 Å². The van der Waals surface area contributed by atoms with Gasteiger partial charge in [0.1, 0.15) is 10.6 Å². The van der Waals surface area contributed by atoms with Gasteiger partial charge in [-0.05, 0) is 36.8 Å². The molecule has 1 N–H and O–H groups in total. The van der Waals surface area contributed by atoms with Crippen LogP contribution in [-0.4, -0.2) is 36.3 Å². The van der Waals surface area contributed by atoms with E-state index >= 15 is 0 Å². The molecule has 25 heavy (non-hydrogen) atoms. The number of aromatic nitrogens is 1. The van der Waals surface area contributed by atoms with Gasteiger partial charge in [0.15, 0.2) is 0 Å². The van der Waals surface area contributed by atoms with Crippen molar-refractivity contribution < 1.29 is 13.2 Å².